The number of hydrogen-bond acceptors (Lipinski definition) is 7. The zero-order valence-electron chi connectivity index (χ0n) is 24.3. The minimum atomic E-state index is -4.21. The fraction of sp³-hybridized carbons (Fsp3) is 0.333. The maximum absolute atomic E-state index is 14.0. The zero-order chi connectivity index (χ0) is 31.9. The number of imidazole rings is 1. The normalized spacial score (nSPS) is 17.6. The fourth-order valence-electron chi connectivity index (χ4n) is 5.85. The standard InChI is InChI=1S/C30H30Cl2N6O6S/c1-19-16-24(37-11-9-33-18-37)20-4-2-6-25(28(20)34-19)44-17-21-22(31)7-8-26(27(21)32)45(42,43)38-10-3-5-23(38)29(39)35-12-14-36(15-13-35)30(40)41/h2,4,6-9,11,16,18,23H,3,5,10,12-15,17H2,1H3,(H,40,41)/t23-/m0/s1. The first-order chi connectivity index (χ1) is 21.6. The van der Waals surface area contributed by atoms with Crippen molar-refractivity contribution in [2.24, 2.45) is 0 Å². The lowest BCUT2D eigenvalue weighted by molar-refractivity contribution is -0.136. The molecule has 4 heterocycles. The number of fused-ring (bicyclic) bond motifs is 1. The summed E-state index contributed by atoms with van der Waals surface area (Å²) < 4.78 is 37.2. The van der Waals surface area contributed by atoms with Crippen LogP contribution in [0.3, 0.4) is 0 Å². The number of halogens is 2. The fourth-order valence-corrected chi connectivity index (χ4v) is 8.36. The number of aryl methyl sites for hydroxylation is 1. The van der Waals surface area contributed by atoms with Crippen LogP contribution in [0.25, 0.3) is 16.6 Å². The van der Waals surface area contributed by atoms with Crippen LogP contribution in [0.5, 0.6) is 5.75 Å². The Hall–Kier alpha value is -3.91. The van der Waals surface area contributed by atoms with Gasteiger partial charge in [-0.2, -0.15) is 4.31 Å². The van der Waals surface area contributed by atoms with Gasteiger partial charge in [0.15, 0.2) is 0 Å². The Morgan fingerprint density at radius 3 is 2.53 bits per heavy atom. The highest BCUT2D eigenvalue weighted by Gasteiger charge is 2.43. The van der Waals surface area contributed by atoms with E-state index in [0.717, 1.165) is 16.8 Å². The summed E-state index contributed by atoms with van der Waals surface area (Å²) in [6.45, 7) is 2.64. The van der Waals surface area contributed by atoms with Crippen LogP contribution in [0, 0.1) is 6.92 Å². The van der Waals surface area contributed by atoms with Gasteiger partial charge in [0.2, 0.25) is 15.9 Å². The quantitative estimate of drug-likeness (QED) is 0.301. The van der Waals surface area contributed by atoms with E-state index in [9.17, 15) is 23.1 Å². The predicted octanol–water partition coefficient (Wildman–Crippen LogP) is 4.59. The molecule has 0 aliphatic carbocycles. The Morgan fingerprint density at radius 2 is 1.82 bits per heavy atom. The van der Waals surface area contributed by atoms with Crippen LogP contribution in [0.1, 0.15) is 24.1 Å². The van der Waals surface area contributed by atoms with Crippen LogP contribution in [-0.2, 0) is 21.4 Å². The molecule has 1 atom stereocenters. The molecule has 0 bridgehead atoms. The van der Waals surface area contributed by atoms with Gasteiger partial charge in [-0.05, 0) is 44.0 Å². The molecule has 45 heavy (non-hydrogen) atoms. The molecule has 2 amide bonds. The number of piperazine rings is 1. The third-order valence-corrected chi connectivity index (χ3v) is 11.0. The molecule has 12 nitrogen and oxygen atoms in total. The van der Waals surface area contributed by atoms with Crippen molar-refractivity contribution in [2.75, 3.05) is 32.7 Å². The third kappa shape index (κ3) is 5.92. The Balaban J connectivity index is 1.25. The molecule has 1 N–H and O–H groups in total. The van der Waals surface area contributed by atoms with Gasteiger partial charge in [0.05, 0.1) is 17.0 Å². The molecule has 0 unspecified atom stereocenters. The van der Waals surface area contributed by atoms with Crippen molar-refractivity contribution < 1.29 is 27.9 Å². The summed E-state index contributed by atoms with van der Waals surface area (Å²) >= 11 is 13.3. The average Bonchev–Trinajstić information content (AvgIpc) is 3.74. The number of para-hydroxylation sites is 1. The average molecular weight is 674 g/mol. The molecule has 2 aromatic carbocycles. The molecule has 15 heteroatoms. The van der Waals surface area contributed by atoms with E-state index in [2.05, 4.69) is 4.98 Å². The second kappa shape index (κ2) is 12.5. The number of nitrogens with zero attached hydrogens (tertiary/aromatic N) is 6. The lowest BCUT2D eigenvalue weighted by Crippen LogP contribution is -2.55. The number of aromatic nitrogens is 3. The maximum atomic E-state index is 14.0. The van der Waals surface area contributed by atoms with Gasteiger partial charge in [0, 0.05) is 66.8 Å². The maximum Gasteiger partial charge on any atom is 0.407 e. The van der Waals surface area contributed by atoms with Crippen molar-refractivity contribution in [3.8, 4) is 11.4 Å². The van der Waals surface area contributed by atoms with E-state index < -0.39 is 22.2 Å². The molecular weight excluding hydrogens is 643 g/mol. The van der Waals surface area contributed by atoms with Gasteiger partial charge in [0.1, 0.15) is 28.8 Å². The molecule has 2 aromatic heterocycles. The van der Waals surface area contributed by atoms with E-state index >= 15 is 0 Å². The largest absolute Gasteiger partial charge is 0.487 e. The first kappa shape index (κ1) is 31.1. The summed E-state index contributed by atoms with van der Waals surface area (Å²) in [5.74, 6) is 0.120. The van der Waals surface area contributed by atoms with Gasteiger partial charge >= 0.3 is 6.09 Å². The van der Waals surface area contributed by atoms with E-state index in [1.807, 2.05) is 35.9 Å². The number of rotatable bonds is 7. The van der Waals surface area contributed by atoms with E-state index in [1.165, 1.54) is 26.2 Å². The van der Waals surface area contributed by atoms with Gasteiger partial charge in [-0.3, -0.25) is 4.79 Å². The summed E-state index contributed by atoms with van der Waals surface area (Å²) in [4.78, 5) is 36.1. The highest BCUT2D eigenvalue weighted by atomic mass is 35.5. The number of carboxylic acid groups (broad SMARTS) is 1. The summed E-state index contributed by atoms with van der Waals surface area (Å²) in [6.07, 6.45) is 5.04. The zero-order valence-corrected chi connectivity index (χ0v) is 26.6. The Kier molecular flexibility index (Phi) is 8.61. The van der Waals surface area contributed by atoms with E-state index in [-0.39, 0.29) is 65.7 Å². The first-order valence-electron chi connectivity index (χ1n) is 14.3. The van der Waals surface area contributed by atoms with Crippen LogP contribution in [0.2, 0.25) is 10.0 Å². The molecule has 236 valence electrons. The van der Waals surface area contributed by atoms with Crippen molar-refractivity contribution in [1.82, 2.24) is 28.6 Å². The molecule has 2 aliphatic rings. The summed E-state index contributed by atoms with van der Waals surface area (Å²) in [5, 5.41) is 10.2. The van der Waals surface area contributed by atoms with Crippen LogP contribution in [0.15, 0.2) is 60.0 Å². The number of pyridine rings is 1. The van der Waals surface area contributed by atoms with Gasteiger partial charge in [0.25, 0.3) is 0 Å². The SMILES string of the molecule is Cc1cc(-n2ccnc2)c2cccc(OCc3c(Cl)ccc(S(=O)(=O)N4CCC[C@H]4C(=O)N4CCN(C(=O)O)CC4)c3Cl)c2n1. The van der Waals surface area contributed by atoms with Crippen molar-refractivity contribution >= 4 is 56.1 Å². The minimum absolute atomic E-state index is 0.0841. The number of amides is 2. The Labute approximate surface area is 269 Å². The second-order valence-electron chi connectivity index (χ2n) is 10.9. The molecule has 0 radical (unpaired) electrons. The van der Waals surface area contributed by atoms with Gasteiger partial charge < -0.3 is 24.2 Å². The summed E-state index contributed by atoms with van der Waals surface area (Å²) in [6, 6.07) is 9.37. The van der Waals surface area contributed by atoms with Crippen LogP contribution in [0.4, 0.5) is 4.79 Å². The third-order valence-electron chi connectivity index (χ3n) is 8.15. The first-order valence-corrected chi connectivity index (χ1v) is 16.5. The van der Waals surface area contributed by atoms with E-state index in [1.54, 1.807) is 18.6 Å². The molecule has 2 aliphatic heterocycles. The smallest absolute Gasteiger partial charge is 0.407 e. The second-order valence-corrected chi connectivity index (χ2v) is 13.5. The molecule has 6 rings (SSSR count). The monoisotopic (exact) mass is 672 g/mol. The van der Waals surface area contributed by atoms with Crippen LogP contribution >= 0.6 is 23.2 Å². The van der Waals surface area contributed by atoms with E-state index in [4.69, 9.17) is 32.9 Å². The molecule has 4 aromatic rings. The molecular formula is C30H30Cl2N6O6S. The molecule has 2 saturated heterocycles. The Bertz CT molecular complexity index is 1880. The number of ether oxygens (including phenoxy) is 1. The van der Waals surface area contributed by atoms with Crippen molar-refractivity contribution in [3.05, 3.63) is 76.4 Å². The molecule has 2 fully saturated rings. The lowest BCUT2D eigenvalue weighted by atomic mass is 10.1. The Morgan fingerprint density at radius 1 is 1.07 bits per heavy atom. The lowest BCUT2D eigenvalue weighted by Gasteiger charge is -2.36. The van der Waals surface area contributed by atoms with Gasteiger partial charge in [-0.1, -0.05) is 35.3 Å². The molecule has 0 spiro atoms. The van der Waals surface area contributed by atoms with Gasteiger partial charge in [-0.15, -0.1) is 0 Å². The number of carbonyl (C=O) groups excluding carboxylic acids is 1. The van der Waals surface area contributed by atoms with Crippen molar-refractivity contribution in [1.29, 1.82) is 0 Å². The predicted molar refractivity (Wildman–Crippen MR) is 167 cm³/mol. The van der Waals surface area contributed by atoms with Crippen LogP contribution < -0.4 is 4.74 Å². The molecule has 0 saturated carbocycles. The van der Waals surface area contributed by atoms with Gasteiger partial charge in [-0.25, -0.2) is 23.2 Å². The van der Waals surface area contributed by atoms with Crippen molar-refractivity contribution in [3.63, 3.8) is 0 Å². The summed E-state index contributed by atoms with van der Waals surface area (Å²) in [7, 11) is -4.21. The number of benzene rings is 2. The number of hydrogen-bond donors (Lipinski definition) is 1. The summed E-state index contributed by atoms with van der Waals surface area (Å²) in [5.41, 5.74) is 2.54. The van der Waals surface area contributed by atoms with Crippen molar-refractivity contribution in [2.45, 2.75) is 37.3 Å². The topological polar surface area (TPSA) is 138 Å². The highest BCUT2D eigenvalue weighted by Crippen LogP contribution is 2.37. The van der Waals surface area contributed by atoms with Crippen LogP contribution in [-0.4, -0.2) is 92.9 Å². The highest BCUT2D eigenvalue weighted by molar-refractivity contribution is 7.89. The van der Waals surface area contributed by atoms with E-state index in [0.29, 0.717) is 24.1 Å². The minimum Gasteiger partial charge on any atom is -0.487 e. The number of carbonyl (C=O) groups is 2. The number of sulfonamides is 1.